The van der Waals surface area contributed by atoms with Crippen LogP contribution in [-0.4, -0.2) is 14.1 Å². The Morgan fingerprint density at radius 2 is 1.70 bits per heavy atom. The maximum Gasteiger partial charge on any atom is 0.332 e. The van der Waals surface area contributed by atoms with Gasteiger partial charge in [-0.15, -0.1) is 0 Å². The van der Waals surface area contributed by atoms with Crippen molar-refractivity contribution in [2.45, 2.75) is 0 Å². The quantitative estimate of drug-likeness (QED) is 0.597. The first kappa shape index (κ1) is 13.1. The molecule has 0 N–H and O–H groups in total. The van der Waals surface area contributed by atoms with Crippen molar-refractivity contribution in [2.75, 3.05) is 0 Å². The highest BCUT2D eigenvalue weighted by atomic mass is 35.5. The van der Waals surface area contributed by atoms with Gasteiger partial charge in [-0.05, 0) is 18.2 Å². The molecule has 20 heavy (non-hydrogen) atoms. The third-order valence-corrected chi connectivity index (χ3v) is 3.79. The van der Waals surface area contributed by atoms with Gasteiger partial charge < -0.3 is 0 Å². The second-order valence-corrected chi connectivity index (χ2v) is 5.36. The number of hydrogen-bond acceptors (Lipinski definition) is 3. The summed E-state index contributed by atoms with van der Waals surface area (Å²) in [5.41, 5.74) is 0.0215. The third kappa shape index (κ3) is 1.74. The lowest BCUT2D eigenvalue weighted by Gasteiger charge is -2.08. The molecular weight excluding hydrogens is 301 g/mol. The van der Waals surface area contributed by atoms with E-state index in [1.54, 1.807) is 25.2 Å². The topological polar surface area (TPSA) is 56.9 Å². The second kappa shape index (κ2) is 4.33. The zero-order valence-corrected chi connectivity index (χ0v) is 12.2. The second-order valence-electron chi connectivity index (χ2n) is 4.52. The van der Waals surface area contributed by atoms with Crippen molar-refractivity contribution < 1.29 is 0 Å². The van der Waals surface area contributed by atoms with Gasteiger partial charge in [0.2, 0.25) is 0 Å². The SMILES string of the molecule is Cn1c(=O)c2cc3c(Cl)cc(Cl)cc3nc2n(C)c1=O. The Kier molecular flexibility index (Phi) is 2.84. The summed E-state index contributed by atoms with van der Waals surface area (Å²) in [6.07, 6.45) is 0. The Balaban J connectivity index is 2.65. The first-order valence-electron chi connectivity index (χ1n) is 5.75. The Morgan fingerprint density at radius 1 is 1.00 bits per heavy atom. The van der Waals surface area contributed by atoms with Crippen molar-refractivity contribution >= 4 is 45.1 Å². The molecule has 0 aliphatic heterocycles. The third-order valence-electron chi connectivity index (χ3n) is 3.26. The van der Waals surface area contributed by atoms with Crippen molar-refractivity contribution in [3.05, 3.63) is 49.1 Å². The maximum absolute atomic E-state index is 12.2. The summed E-state index contributed by atoms with van der Waals surface area (Å²) in [5.74, 6) is 0. The van der Waals surface area contributed by atoms with Gasteiger partial charge in [0.15, 0.2) is 0 Å². The lowest BCUT2D eigenvalue weighted by molar-refractivity contribution is 0.708. The van der Waals surface area contributed by atoms with E-state index in [1.165, 1.54) is 11.6 Å². The lowest BCUT2D eigenvalue weighted by Crippen LogP contribution is -2.37. The van der Waals surface area contributed by atoms with E-state index in [0.717, 1.165) is 4.57 Å². The van der Waals surface area contributed by atoms with Crippen molar-refractivity contribution in [3.63, 3.8) is 0 Å². The Bertz CT molecular complexity index is 989. The van der Waals surface area contributed by atoms with Gasteiger partial charge in [-0.1, -0.05) is 23.2 Å². The number of rotatable bonds is 0. The lowest BCUT2D eigenvalue weighted by atomic mass is 10.2. The number of halogens is 2. The van der Waals surface area contributed by atoms with Crippen LogP contribution in [0, 0.1) is 0 Å². The Morgan fingerprint density at radius 3 is 2.40 bits per heavy atom. The van der Waals surface area contributed by atoms with E-state index in [-0.39, 0.29) is 0 Å². The van der Waals surface area contributed by atoms with Gasteiger partial charge in [0, 0.05) is 24.5 Å². The van der Waals surface area contributed by atoms with Gasteiger partial charge in [-0.25, -0.2) is 9.78 Å². The van der Waals surface area contributed by atoms with Crippen LogP contribution in [0.4, 0.5) is 0 Å². The maximum atomic E-state index is 12.2. The zero-order chi connectivity index (χ0) is 14.6. The highest BCUT2D eigenvalue weighted by Crippen LogP contribution is 2.28. The molecule has 0 fully saturated rings. The number of fused-ring (bicyclic) bond motifs is 2. The van der Waals surface area contributed by atoms with E-state index in [0.29, 0.717) is 32.0 Å². The molecule has 2 heterocycles. The van der Waals surface area contributed by atoms with Crippen LogP contribution in [0.3, 0.4) is 0 Å². The summed E-state index contributed by atoms with van der Waals surface area (Å²) < 4.78 is 2.37. The fourth-order valence-electron chi connectivity index (χ4n) is 2.19. The van der Waals surface area contributed by atoms with Crippen LogP contribution < -0.4 is 11.2 Å². The summed E-state index contributed by atoms with van der Waals surface area (Å²) in [7, 11) is 2.99. The fraction of sp³-hybridized carbons (Fsp3) is 0.154. The Hall–Kier alpha value is -1.85. The predicted octanol–water partition coefficient (Wildman–Crippen LogP) is 2.09. The summed E-state index contributed by atoms with van der Waals surface area (Å²) in [6, 6.07) is 4.87. The molecule has 0 bridgehead atoms. The van der Waals surface area contributed by atoms with E-state index >= 15 is 0 Å². The van der Waals surface area contributed by atoms with Crippen molar-refractivity contribution in [3.8, 4) is 0 Å². The first-order chi connectivity index (χ1) is 9.40. The van der Waals surface area contributed by atoms with Crippen LogP contribution in [0.1, 0.15) is 0 Å². The minimum absolute atomic E-state index is 0.309. The molecule has 0 spiro atoms. The van der Waals surface area contributed by atoms with E-state index in [2.05, 4.69) is 4.98 Å². The van der Waals surface area contributed by atoms with Crippen LogP contribution in [0.15, 0.2) is 27.8 Å². The van der Waals surface area contributed by atoms with Gasteiger partial charge in [0.05, 0.1) is 15.9 Å². The monoisotopic (exact) mass is 309 g/mol. The number of aromatic nitrogens is 3. The van der Waals surface area contributed by atoms with Crippen LogP contribution in [-0.2, 0) is 14.1 Å². The molecule has 0 aliphatic carbocycles. The van der Waals surface area contributed by atoms with E-state index in [4.69, 9.17) is 23.2 Å². The van der Waals surface area contributed by atoms with Crippen molar-refractivity contribution in [2.24, 2.45) is 14.1 Å². The van der Waals surface area contributed by atoms with Gasteiger partial charge in [0.25, 0.3) is 5.56 Å². The molecule has 2 aromatic heterocycles. The normalized spacial score (nSPS) is 11.4. The first-order valence-corrected chi connectivity index (χ1v) is 6.51. The summed E-state index contributed by atoms with van der Waals surface area (Å²) >= 11 is 12.1. The molecule has 0 atom stereocenters. The molecule has 0 radical (unpaired) electrons. The minimum atomic E-state index is -0.428. The highest BCUT2D eigenvalue weighted by molar-refractivity contribution is 6.38. The number of hydrogen-bond donors (Lipinski definition) is 0. The summed E-state index contributed by atoms with van der Waals surface area (Å²) in [6.45, 7) is 0. The average Bonchev–Trinajstić information content (AvgIpc) is 2.41. The average molecular weight is 310 g/mol. The molecule has 0 unspecified atom stereocenters. The number of benzene rings is 1. The molecular formula is C13H9Cl2N3O2. The molecule has 0 amide bonds. The molecule has 0 saturated carbocycles. The molecule has 3 rings (SSSR count). The number of nitrogens with zero attached hydrogens (tertiary/aromatic N) is 3. The van der Waals surface area contributed by atoms with Gasteiger partial charge in [-0.2, -0.15) is 0 Å². The minimum Gasteiger partial charge on any atom is -0.280 e. The Labute approximate surface area is 123 Å². The van der Waals surface area contributed by atoms with Gasteiger partial charge >= 0.3 is 5.69 Å². The zero-order valence-electron chi connectivity index (χ0n) is 10.6. The largest absolute Gasteiger partial charge is 0.332 e. The summed E-state index contributed by atoms with van der Waals surface area (Å²) in [4.78, 5) is 28.4. The molecule has 0 saturated heterocycles. The predicted molar refractivity (Wildman–Crippen MR) is 79.8 cm³/mol. The molecule has 102 valence electrons. The molecule has 1 aromatic carbocycles. The molecule has 5 nitrogen and oxygen atoms in total. The number of aryl methyl sites for hydroxylation is 1. The standard InChI is InChI=1S/C13H9Cl2N3O2/c1-17-11-8(12(19)18(2)13(17)20)5-7-9(15)3-6(14)4-10(7)16-11/h3-5H,1-2H3. The van der Waals surface area contributed by atoms with Crippen molar-refractivity contribution in [1.82, 2.24) is 14.1 Å². The van der Waals surface area contributed by atoms with E-state index < -0.39 is 11.2 Å². The van der Waals surface area contributed by atoms with Crippen molar-refractivity contribution in [1.29, 1.82) is 0 Å². The van der Waals surface area contributed by atoms with Gasteiger partial charge in [-0.3, -0.25) is 13.9 Å². The summed E-state index contributed by atoms with van der Waals surface area (Å²) in [5, 5.41) is 1.83. The molecule has 7 heteroatoms. The molecule has 0 aliphatic rings. The highest BCUT2D eigenvalue weighted by Gasteiger charge is 2.12. The van der Waals surface area contributed by atoms with Gasteiger partial charge in [0.1, 0.15) is 5.65 Å². The van der Waals surface area contributed by atoms with E-state index in [9.17, 15) is 9.59 Å². The van der Waals surface area contributed by atoms with Crippen LogP contribution in [0.25, 0.3) is 21.9 Å². The smallest absolute Gasteiger partial charge is 0.280 e. The van der Waals surface area contributed by atoms with E-state index in [1.807, 2.05) is 0 Å². The van der Waals surface area contributed by atoms with Crippen LogP contribution in [0.5, 0.6) is 0 Å². The number of pyridine rings is 1. The van der Waals surface area contributed by atoms with Crippen LogP contribution >= 0.6 is 23.2 Å². The van der Waals surface area contributed by atoms with Crippen LogP contribution in [0.2, 0.25) is 10.0 Å². The fourth-order valence-corrected chi connectivity index (χ4v) is 2.72. The molecule has 3 aromatic rings.